The summed E-state index contributed by atoms with van der Waals surface area (Å²) in [7, 11) is 0. The standard InChI is InChI=1S/C16H31N/c1-5-13-8-6-7-9-14(13)17-15-11-16(3,4)10-12(15)2/h12-15,17H,5-11H2,1-4H3. The lowest BCUT2D eigenvalue weighted by Crippen LogP contribution is -2.45. The Balaban J connectivity index is 1.91. The SMILES string of the molecule is CCC1CCCCC1NC1CC(C)(C)CC1C. The molecule has 2 aliphatic rings. The molecule has 0 aromatic heterocycles. The van der Waals surface area contributed by atoms with E-state index in [1.165, 1.54) is 44.9 Å². The third kappa shape index (κ3) is 3.24. The molecular weight excluding hydrogens is 206 g/mol. The van der Waals surface area contributed by atoms with E-state index in [4.69, 9.17) is 0 Å². The van der Waals surface area contributed by atoms with Crippen LogP contribution >= 0.6 is 0 Å². The second-order valence-electron chi connectivity index (χ2n) is 7.38. The van der Waals surface area contributed by atoms with Crippen molar-refractivity contribution in [2.75, 3.05) is 0 Å². The molecule has 100 valence electrons. The van der Waals surface area contributed by atoms with Crippen LogP contribution in [0.3, 0.4) is 0 Å². The lowest BCUT2D eigenvalue weighted by atomic mass is 9.82. The predicted octanol–water partition coefficient (Wildman–Crippen LogP) is 4.37. The minimum absolute atomic E-state index is 0.563. The zero-order valence-corrected chi connectivity index (χ0v) is 12.3. The summed E-state index contributed by atoms with van der Waals surface area (Å²) in [5, 5.41) is 4.02. The van der Waals surface area contributed by atoms with Crippen LogP contribution in [0.4, 0.5) is 0 Å². The van der Waals surface area contributed by atoms with Gasteiger partial charge in [0.05, 0.1) is 0 Å². The highest BCUT2D eigenvalue weighted by Gasteiger charge is 2.38. The first-order chi connectivity index (χ1) is 8.02. The molecule has 2 rings (SSSR count). The molecule has 4 atom stereocenters. The van der Waals surface area contributed by atoms with E-state index in [1.807, 2.05) is 0 Å². The van der Waals surface area contributed by atoms with Crippen molar-refractivity contribution in [2.24, 2.45) is 17.3 Å². The van der Waals surface area contributed by atoms with Gasteiger partial charge in [-0.1, -0.05) is 47.0 Å². The van der Waals surface area contributed by atoms with Crippen molar-refractivity contribution in [3.8, 4) is 0 Å². The van der Waals surface area contributed by atoms with Crippen LogP contribution in [0.5, 0.6) is 0 Å². The van der Waals surface area contributed by atoms with Gasteiger partial charge in [0, 0.05) is 12.1 Å². The second-order valence-corrected chi connectivity index (χ2v) is 7.38. The fourth-order valence-corrected chi connectivity index (χ4v) is 4.31. The molecule has 1 nitrogen and oxygen atoms in total. The molecular formula is C16H31N. The first kappa shape index (κ1) is 13.4. The minimum Gasteiger partial charge on any atom is -0.311 e. The summed E-state index contributed by atoms with van der Waals surface area (Å²) in [6.45, 7) is 9.68. The van der Waals surface area contributed by atoms with Gasteiger partial charge < -0.3 is 5.32 Å². The molecule has 1 heteroatoms. The van der Waals surface area contributed by atoms with Crippen molar-refractivity contribution < 1.29 is 0 Å². The maximum atomic E-state index is 4.02. The van der Waals surface area contributed by atoms with Crippen molar-refractivity contribution in [3.63, 3.8) is 0 Å². The Morgan fingerprint density at radius 1 is 1.06 bits per heavy atom. The molecule has 17 heavy (non-hydrogen) atoms. The maximum absolute atomic E-state index is 4.02. The second kappa shape index (κ2) is 5.30. The topological polar surface area (TPSA) is 12.0 Å². The molecule has 2 aliphatic carbocycles. The Morgan fingerprint density at radius 3 is 2.35 bits per heavy atom. The van der Waals surface area contributed by atoms with E-state index < -0.39 is 0 Å². The highest BCUT2D eigenvalue weighted by atomic mass is 15.0. The molecule has 0 saturated heterocycles. The first-order valence-corrected chi connectivity index (χ1v) is 7.78. The Bertz CT molecular complexity index is 246. The molecule has 1 N–H and O–H groups in total. The van der Waals surface area contributed by atoms with Gasteiger partial charge in [-0.15, -0.1) is 0 Å². The molecule has 2 saturated carbocycles. The van der Waals surface area contributed by atoms with E-state index in [1.54, 1.807) is 0 Å². The molecule has 0 aromatic carbocycles. The lowest BCUT2D eigenvalue weighted by molar-refractivity contribution is 0.222. The van der Waals surface area contributed by atoms with E-state index >= 15 is 0 Å². The zero-order chi connectivity index (χ0) is 12.5. The molecule has 0 amide bonds. The third-order valence-electron chi connectivity index (χ3n) is 5.20. The molecule has 0 bridgehead atoms. The molecule has 0 heterocycles. The van der Waals surface area contributed by atoms with Crippen LogP contribution in [0, 0.1) is 17.3 Å². The van der Waals surface area contributed by atoms with E-state index in [-0.39, 0.29) is 0 Å². The summed E-state index contributed by atoms with van der Waals surface area (Å²) in [6.07, 6.45) is 9.92. The molecule has 0 radical (unpaired) electrons. The van der Waals surface area contributed by atoms with Crippen molar-refractivity contribution in [1.29, 1.82) is 0 Å². The van der Waals surface area contributed by atoms with Gasteiger partial charge in [-0.05, 0) is 42.9 Å². The van der Waals surface area contributed by atoms with Crippen LogP contribution in [0.25, 0.3) is 0 Å². The van der Waals surface area contributed by atoms with Crippen molar-refractivity contribution >= 4 is 0 Å². The third-order valence-corrected chi connectivity index (χ3v) is 5.20. The first-order valence-electron chi connectivity index (χ1n) is 7.78. The quantitative estimate of drug-likeness (QED) is 0.768. The fraction of sp³-hybridized carbons (Fsp3) is 1.00. The molecule has 2 fully saturated rings. The van der Waals surface area contributed by atoms with E-state index in [9.17, 15) is 0 Å². The molecule has 0 aliphatic heterocycles. The van der Waals surface area contributed by atoms with E-state index in [2.05, 4.69) is 33.0 Å². The molecule has 0 spiro atoms. The largest absolute Gasteiger partial charge is 0.311 e. The van der Waals surface area contributed by atoms with Crippen LogP contribution in [0.1, 0.15) is 72.6 Å². The normalized spacial score (nSPS) is 41.6. The number of nitrogens with one attached hydrogen (secondary N) is 1. The summed E-state index contributed by atoms with van der Waals surface area (Å²) in [5.74, 6) is 1.81. The lowest BCUT2D eigenvalue weighted by Gasteiger charge is -2.35. The van der Waals surface area contributed by atoms with Gasteiger partial charge in [0.25, 0.3) is 0 Å². The van der Waals surface area contributed by atoms with Crippen LogP contribution in [-0.2, 0) is 0 Å². The number of hydrogen-bond donors (Lipinski definition) is 1. The number of rotatable bonds is 3. The van der Waals surface area contributed by atoms with E-state index in [0.29, 0.717) is 5.41 Å². The van der Waals surface area contributed by atoms with Gasteiger partial charge in [-0.2, -0.15) is 0 Å². The summed E-state index contributed by atoms with van der Waals surface area (Å²) in [6, 6.07) is 1.59. The van der Waals surface area contributed by atoms with Gasteiger partial charge in [0.1, 0.15) is 0 Å². The summed E-state index contributed by atoms with van der Waals surface area (Å²) >= 11 is 0. The van der Waals surface area contributed by atoms with Crippen LogP contribution in [0.15, 0.2) is 0 Å². The molecule has 0 aromatic rings. The Hall–Kier alpha value is -0.0400. The van der Waals surface area contributed by atoms with Gasteiger partial charge in [-0.3, -0.25) is 0 Å². The predicted molar refractivity (Wildman–Crippen MR) is 75.1 cm³/mol. The van der Waals surface area contributed by atoms with Crippen LogP contribution in [-0.4, -0.2) is 12.1 Å². The molecule has 4 unspecified atom stereocenters. The maximum Gasteiger partial charge on any atom is 0.0101 e. The highest BCUT2D eigenvalue weighted by Crippen LogP contribution is 2.41. The average Bonchev–Trinajstić information content (AvgIpc) is 2.52. The summed E-state index contributed by atoms with van der Waals surface area (Å²) < 4.78 is 0. The van der Waals surface area contributed by atoms with Crippen molar-refractivity contribution in [1.82, 2.24) is 5.32 Å². The van der Waals surface area contributed by atoms with Crippen molar-refractivity contribution in [2.45, 2.75) is 84.7 Å². The fourth-order valence-electron chi connectivity index (χ4n) is 4.31. The van der Waals surface area contributed by atoms with Crippen molar-refractivity contribution in [3.05, 3.63) is 0 Å². The Labute approximate surface area is 108 Å². The average molecular weight is 237 g/mol. The van der Waals surface area contributed by atoms with E-state index in [0.717, 1.165) is 23.9 Å². The monoisotopic (exact) mass is 237 g/mol. The van der Waals surface area contributed by atoms with Crippen LogP contribution < -0.4 is 5.32 Å². The van der Waals surface area contributed by atoms with Gasteiger partial charge >= 0.3 is 0 Å². The number of hydrogen-bond acceptors (Lipinski definition) is 1. The Kier molecular flexibility index (Phi) is 4.18. The highest BCUT2D eigenvalue weighted by molar-refractivity contribution is 4.94. The summed E-state index contributed by atoms with van der Waals surface area (Å²) in [4.78, 5) is 0. The van der Waals surface area contributed by atoms with Gasteiger partial charge in [-0.25, -0.2) is 0 Å². The summed E-state index contributed by atoms with van der Waals surface area (Å²) in [5.41, 5.74) is 0.563. The zero-order valence-electron chi connectivity index (χ0n) is 12.3. The smallest absolute Gasteiger partial charge is 0.0101 e. The van der Waals surface area contributed by atoms with Crippen LogP contribution in [0.2, 0.25) is 0 Å². The van der Waals surface area contributed by atoms with Gasteiger partial charge in [0.15, 0.2) is 0 Å². The minimum atomic E-state index is 0.563. The Morgan fingerprint density at radius 2 is 1.76 bits per heavy atom. The van der Waals surface area contributed by atoms with Gasteiger partial charge in [0.2, 0.25) is 0 Å².